The van der Waals surface area contributed by atoms with Gasteiger partial charge >= 0.3 is 5.97 Å². The van der Waals surface area contributed by atoms with Gasteiger partial charge in [-0.15, -0.1) is 0 Å². The van der Waals surface area contributed by atoms with Crippen molar-refractivity contribution in [1.29, 1.82) is 0 Å². The topological polar surface area (TPSA) is 54.4 Å². The van der Waals surface area contributed by atoms with Crippen molar-refractivity contribution in [2.75, 3.05) is 0 Å². The Bertz CT molecular complexity index is 229. The fraction of sp³-hybridized carbons (Fsp3) is 0.667. The molecule has 74 valence electrons. The zero-order chi connectivity index (χ0) is 9.68. The minimum absolute atomic E-state index is 0.185. The van der Waals surface area contributed by atoms with Gasteiger partial charge < -0.3 is 5.11 Å². The van der Waals surface area contributed by atoms with Crippen molar-refractivity contribution >= 4 is 16.8 Å². The summed E-state index contributed by atoms with van der Waals surface area (Å²) >= 11 is 0. The molecule has 0 aliphatic heterocycles. The van der Waals surface area contributed by atoms with E-state index in [4.69, 9.17) is 5.11 Å². The first kappa shape index (κ1) is 10.4. The summed E-state index contributed by atoms with van der Waals surface area (Å²) in [5.74, 6) is -1.02. The van der Waals surface area contributed by atoms with E-state index in [1.54, 1.807) is 0 Å². The molecule has 1 rings (SSSR count). The van der Waals surface area contributed by atoms with Gasteiger partial charge in [0.15, 0.2) is 0 Å². The Labute approximate surface area is 80.3 Å². The molecular weight excluding hydrogens is 188 g/mol. The molecule has 1 saturated carbocycles. The lowest BCUT2D eigenvalue weighted by molar-refractivity contribution is -0.131. The Morgan fingerprint density at radius 1 is 1.31 bits per heavy atom. The van der Waals surface area contributed by atoms with Crippen LogP contribution in [0.25, 0.3) is 0 Å². The number of aliphatic carboxylic acids is 1. The second-order valence-electron chi connectivity index (χ2n) is 3.23. The first-order chi connectivity index (χ1) is 6.20. The molecule has 0 aromatic heterocycles. The van der Waals surface area contributed by atoms with E-state index < -0.39 is 16.8 Å². The molecule has 1 atom stereocenters. The molecule has 0 bridgehead atoms. The third kappa shape index (κ3) is 3.72. The maximum atomic E-state index is 11.5. The average molecular weight is 202 g/mol. The van der Waals surface area contributed by atoms with Gasteiger partial charge in [-0.3, -0.25) is 4.21 Å². The fourth-order valence-corrected chi connectivity index (χ4v) is 2.80. The Hall–Kier alpha value is -0.640. The SMILES string of the molecule is O=C(O)/C=C/S(=O)C1CCCCC1. The van der Waals surface area contributed by atoms with Crippen LogP contribution in [0.4, 0.5) is 0 Å². The summed E-state index contributed by atoms with van der Waals surface area (Å²) in [6.07, 6.45) is 6.38. The van der Waals surface area contributed by atoms with Crippen LogP contribution in [0.5, 0.6) is 0 Å². The summed E-state index contributed by atoms with van der Waals surface area (Å²) in [5, 5.41) is 9.83. The predicted molar refractivity (Wildman–Crippen MR) is 51.8 cm³/mol. The van der Waals surface area contributed by atoms with E-state index in [0.717, 1.165) is 31.8 Å². The highest BCUT2D eigenvalue weighted by Crippen LogP contribution is 2.22. The minimum atomic E-state index is -1.09. The maximum absolute atomic E-state index is 11.5. The zero-order valence-corrected chi connectivity index (χ0v) is 8.26. The minimum Gasteiger partial charge on any atom is -0.478 e. The van der Waals surface area contributed by atoms with Crippen molar-refractivity contribution in [3.8, 4) is 0 Å². The van der Waals surface area contributed by atoms with Gasteiger partial charge in [0, 0.05) is 27.5 Å². The smallest absolute Gasteiger partial charge is 0.328 e. The molecule has 0 aromatic rings. The molecule has 0 saturated heterocycles. The standard InChI is InChI=1S/C9H14O3S/c10-9(11)6-7-13(12)8-4-2-1-3-5-8/h6-8H,1-5H2,(H,10,11)/b7-6+. The lowest BCUT2D eigenvalue weighted by Crippen LogP contribution is -2.16. The number of hydrogen-bond donors (Lipinski definition) is 1. The van der Waals surface area contributed by atoms with Crippen LogP contribution < -0.4 is 0 Å². The Kier molecular flexibility index (Phi) is 4.15. The van der Waals surface area contributed by atoms with Crippen LogP contribution in [0.3, 0.4) is 0 Å². The number of hydrogen-bond acceptors (Lipinski definition) is 2. The van der Waals surface area contributed by atoms with Crippen LogP contribution in [-0.2, 0) is 15.6 Å². The third-order valence-corrected chi connectivity index (χ3v) is 3.76. The monoisotopic (exact) mass is 202 g/mol. The zero-order valence-electron chi connectivity index (χ0n) is 7.44. The van der Waals surface area contributed by atoms with Crippen LogP contribution in [-0.4, -0.2) is 20.5 Å². The Morgan fingerprint density at radius 2 is 1.92 bits per heavy atom. The Balaban J connectivity index is 2.41. The fourth-order valence-electron chi connectivity index (χ4n) is 1.53. The Morgan fingerprint density at radius 3 is 2.46 bits per heavy atom. The molecule has 1 N–H and O–H groups in total. The van der Waals surface area contributed by atoms with Gasteiger partial charge in [-0.1, -0.05) is 19.3 Å². The molecule has 0 radical (unpaired) electrons. The molecular formula is C9H14O3S. The quantitative estimate of drug-likeness (QED) is 0.708. The lowest BCUT2D eigenvalue weighted by atomic mass is 10.0. The second kappa shape index (κ2) is 5.17. The maximum Gasteiger partial charge on any atom is 0.328 e. The molecule has 0 spiro atoms. The van der Waals surface area contributed by atoms with Crippen molar-refractivity contribution in [3.05, 3.63) is 11.5 Å². The van der Waals surface area contributed by atoms with E-state index in [1.165, 1.54) is 11.8 Å². The number of carboxylic acids is 1. The van der Waals surface area contributed by atoms with Crippen molar-refractivity contribution in [2.45, 2.75) is 37.4 Å². The summed E-state index contributed by atoms with van der Waals surface area (Å²) in [6, 6.07) is 0. The summed E-state index contributed by atoms with van der Waals surface area (Å²) in [6.45, 7) is 0. The summed E-state index contributed by atoms with van der Waals surface area (Å²) < 4.78 is 11.5. The average Bonchev–Trinajstić information content (AvgIpc) is 2.15. The van der Waals surface area contributed by atoms with E-state index >= 15 is 0 Å². The van der Waals surface area contributed by atoms with E-state index in [2.05, 4.69) is 0 Å². The lowest BCUT2D eigenvalue weighted by Gasteiger charge is -2.18. The molecule has 3 nitrogen and oxygen atoms in total. The largest absolute Gasteiger partial charge is 0.478 e. The predicted octanol–water partition coefficient (Wildman–Crippen LogP) is 1.67. The van der Waals surface area contributed by atoms with E-state index in [0.29, 0.717) is 0 Å². The van der Waals surface area contributed by atoms with Crippen LogP contribution in [0.15, 0.2) is 11.5 Å². The van der Waals surface area contributed by atoms with E-state index in [9.17, 15) is 9.00 Å². The third-order valence-electron chi connectivity index (χ3n) is 2.23. The highest BCUT2D eigenvalue weighted by molar-refractivity contribution is 7.88. The van der Waals surface area contributed by atoms with Gasteiger partial charge in [0.1, 0.15) is 0 Å². The summed E-state index contributed by atoms with van der Waals surface area (Å²) in [4.78, 5) is 10.2. The van der Waals surface area contributed by atoms with Crippen molar-refractivity contribution < 1.29 is 14.1 Å². The van der Waals surface area contributed by atoms with Gasteiger partial charge in [0.2, 0.25) is 0 Å². The van der Waals surface area contributed by atoms with Gasteiger partial charge in [0.05, 0.1) is 0 Å². The number of carbonyl (C=O) groups is 1. The second-order valence-corrected chi connectivity index (χ2v) is 4.83. The molecule has 0 amide bonds. The van der Waals surface area contributed by atoms with E-state index in [1.807, 2.05) is 0 Å². The van der Waals surface area contributed by atoms with Crippen LogP contribution >= 0.6 is 0 Å². The molecule has 13 heavy (non-hydrogen) atoms. The van der Waals surface area contributed by atoms with Crippen molar-refractivity contribution in [1.82, 2.24) is 0 Å². The van der Waals surface area contributed by atoms with Crippen LogP contribution in [0.1, 0.15) is 32.1 Å². The molecule has 1 aliphatic rings. The van der Waals surface area contributed by atoms with Gasteiger partial charge in [0.25, 0.3) is 0 Å². The summed E-state index contributed by atoms with van der Waals surface area (Å²) in [7, 11) is -1.09. The first-order valence-electron chi connectivity index (χ1n) is 4.50. The molecule has 1 fully saturated rings. The number of rotatable bonds is 3. The van der Waals surface area contributed by atoms with Crippen LogP contribution in [0.2, 0.25) is 0 Å². The highest BCUT2D eigenvalue weighted by Gasteiger charge is 2.17. The normalized spacial score (nSPS) is 21.8. The first-order valence-corrected chi connectivity index (χ1v) is 5.78. The van der Waals surface area contributed by atoms with Crippen molar-refractivity contribution in [3.63, 3.8) is 0 Å². The summed E-state index contributed by atoms with van der Waals surface area (Å²) in [5.41, 5.74) is 0. The van der Waals surface area contributed by atoms with Crippen LogP contribution in [0, 0.1) is 0 Å². The molecule has 0 aromatic carbocycles. The van der Waals surface area contributed by atoms with Gasteiger partial charge in [-0.05, 0) is 12.8 Å². The molecule has 4 heteroatoms. The highest BCUT2D eigenvalue weighted by atomic mass is 32.2. The van der Waals surface area contributed by atoms with Gasteiger partial charge in [-0.2, -0.15) is 0 Å². The number of carboxylic acid groups (broad SMARTS) is 1. The van der Waals surface area contributed by atoms with E-state index in [-0.39, 0.29) is 5.25 Å². The van der Waals surface area contributed by atoms with Gasteiger partial charge in [-0.25, -0.2) is 4.79 Å². The molecule has 0 heterocycles. The molecule has 1 aliphatic carbocycles. The molecule has 1 unspecified atom stereocenters. The van der Waals surface area contributed by atoms with Crippen molar-refractivity contribution in [2.24, 2.45) is 0 Å².